The average Bonchev–Trinajstić information content (AvgIpc) is 2.81. The van der Waals surface area contributed by atoms with E-state index in [1.54, 1.807) is 0 Å². The van der Waals surface area contributed by atoms with Crippen molar-refractivity contribution in [2.45, 2.75) is 45.7 Å². The predicted molar refractivity (Wildman–Crippen MR) is 133 cm³/mol. The summed E-state index contributed by atoms with van der Waals surface area (Å²) in [6, 6.07) is 12.6. The summed E-state index contributed by atoms with van der Waals surface area (Å²) < 4.78 is 2.00. The number of aromatic nitrogens is 2. The molecule has 5 rings (SSSR count). The Morgan fingerprint density at radius 3 is 2.76 bits per heavy atom. The number of nitrogens with zero attached hydrogens (tertiary/aromatic N) is 3. The van der Waals surface area contributed by atoms with E-state index in [1.165, 1.54) is 33.4 Å². The first-order chi connectivity index (χ1) is 16.5. The van der Waals surface area contributed by atoms with Gasteiger partial charge >= 0.3 is 5.97 Å². The number of hydrogen-bond acceptors (Lipinski definition) is 3. The van der Waals surface area contributed by atoms with E-state index in [-0.39, 0.29) is 6.42 Å². The van der Waals surface area contributed by atoms with Gasteiger partial charge in [-0.1, -0.05) is 29.3 Å². The summed E-state index contributed by atoms with van der Waals surface area (Å²) in [6.45, 7) is 5.42. The third-order valence-corrected chi connectivity index (χ3v) is 7.00. The minimum atomic E-state index is -0.769. The molecule has 0 amide bonds. The second-order valence-electron chi connectivity index (χ2n) is 9.35. The highest BCUT2D eigenvalue weighted by atomic mass is 35.5. The summed E-state index contributed by atoms with van der Waals surface area (Å²) >= 11 is 6.32. The summed E-state index contributed by atoms with van der Waals surface area (Å²) in [6.07, 6.45) is 9.03. The van der Waals surface area contributed by atoms with Crippen LogP contribution in [-0.4, -0.2) is 34.0 Å². The SMILES string of the molecule is Cc1cc(CN2CCC(=C3c4ccc(Cl)cc4Cc4cccnc43)CC2)c[n+](CCC(=O)O)c1. The van der Waals surface area contributed by atoms with Gasteiger partial charge in [0.1, 0.15) is 6.42 Å². The summed E-state index contributed by atoms with van der Waals surface area (Å²) in [5.74, 6) is -0.769. The van der Waals surface area contributed by atoms with Crippen LogP contribution < -0.4 is 4.57 Å². The van der Waals surface area contributed by atoms with E-state index in [0.29, 0.717) is 6.54 Å². The molecule has 1 N–H and O–H groups in total. The zero-order chi connectivity index (χ0) is 23.7. The predicted octanol–water partition coefficient (Wildman–Crippen LogP) is 4.81. The van der Waals surface area contributed by atoms with Gasteiger partial charge in [0, 0.05) is 54.0 Å². The van der Waals surface area contributed by atoms with Crippen molar-refractivity contribution in [3.05, 3.63) is 99.1 Å². The number of pyridine rings is 2. The molecule has 0 saturated carbocycles. The van der Waals surface area contributed by atoms with Crippen LogP contribution in [0.25, 0.3) is 5.57 Å². The molecule has 3 aromatic rings. The largest absolute Gasteiger partial charge is 0.481 e. The van der Waals surface area contributed by atoms with E-state index in [4.69, 9.17) is 21.7 Å². The van der Waals surface area contributed by atoms with Crippen LogP contribution in [0.2, 0.25) is 5.02 Å². The molecule has 6 heteroatoms. The zero-order valence-electron chi connectivity index (χ0n) is 19.4. The first-order valence-corrected chi connectivity index (χ1v) is 12.2. The molecule has 1 saturated heterocycles. The van der Waals surface area contributed by atoms with Gasteiger partial charge in [-0.05, 0) is 60.7 Å². The Morgan fingerprint density at radius 1 is 1.15 bits per heavy atom. The Balaban J connectivity index is 1.36. The van der Waals surface area contributed by atoms with Gasteiger partial charge in [0.05, 0.1) is 5.69 Å². The van der Waals surface area contributed by atoms with E-state index in [1.807, 2.05) is 29.1 Å². The molecule has 174 valence electrons. The Kier molecular flexibility index (Phi) is 6.48. The standard InChI is InChI=1S/C28H28ClN3O2/c1-19-13-20(18-32(16-19)12-8-26(33)34)17-31-10-6-21(7-11-31)27-25-5-4-24(29)15-23(25)14-22-3-2-9-30-28(22)27/h2-5,9,13,15-16,18H,6-8,10-12,14,17H2,1H3/p+1. The molecule has 34 heavy (non-hydrogen) atoms. The van der Waals surface area contributed by atoms with E-state index >= 15 is 0 Å². The summed E-state index contributed by atoms with van der Waals surface area (Å²) in [5, 5.41) is 9.79. The lowest BCUT2D eigenvalue weighted by Gasteiger charge is -2.31. The smallest absolute Gasteiger partial charge is 0.309 e. The molecule has 2 aromatic heterocycles. The fourth-order valence-electron chi connectivity index (χ4n) is 5.26. The molecule has 0 atom stereocenters. The lowest BCUT2D eigenvalue weighted by molar-refractivity contribution is -0.696. The van der Waals surface area contributed by atoms with Gasteiger partial charge in [-0.2, -0.15) is 0 Å². The van der Waals surface area contributed by atoms with E-state index in [0.717, 1.165) is 55.2 Å². The van der Waals surface area contributed by atoms with Crippen molar-refractivity contribution in [2.24, 2.45) is 0 Å². The minimum Gasteiger partial charge on any atom is -0.481 e. The number of halogens is 1. The first-order valence-electron chi connectivity index (χ1n) is 11.8. The number of aryl methyl sites for hydroxylation is 2. The quantitative estimate of drug-likeness (QED) is 0.422. The molecule has 1 aliphatic carbocycles. The van der Waals surface area contributed by atoms with Gasteiger partial charge in [0.2, 0.25) is 0 Å². The van der Waals surface area contributed by atoms with Crippen molar-refractivity contribution < 1.29 is 14.5 Å². The average molecular weight is 475 g/mol. The number of likely N-dealkylation sites (tertiary alicyclic amines) is 1. The lowest BCUT2D eigenvalue weighted by Crippen LogP contribution is -2.37. The Bertz CT molecular complexity index is 1270. The van der Waals surface area contributed by atoms with E-state index in [2.05, 4.69) is 42.3 Å². The van der Waals surface area contributed by atoms with Crippen LogP contribution in [0, 0.1) is 6.92 Å². The van der Waals surface area contributed by atoms with Crippen LogP contribution in [0.5, 0.6) is 0 Å². The van der Waals surface area contributed by atoms with Gasteiger partial charge < -0.3 is 5.11 Å². The highest BCUT2D eigenvalue weighted by Crippen LogP contribution is 2.40. The summed E-state index contributed by atoms with van der Waals surface area (Å²) in [5.41, 5.74) is 10.1. The third kappa shape index (κ3) is 4.91. The molecule has 2 aliphatic rings. The Labute approximate surface area is 205 Å². The number of carboxylic acids is 1. The molecule has 1 aromatic carbocycles. The molecular weight excluding hydrogens is 446 g/mol. The molecule has 0 spiro atoms. The fourth-order valence-corrected chi connectivity index (χ4v) is 5.45. The first kappa shape index (κ1) is 22.8. The minimum absolute atomic E-state index is 0.135. The molecule has 0 radical (unpaired) electrons. The number of aliphatic carboxylic acids is 1. The molecule has 1 fully saturated rings. The van der Waals surface area contributed by atoms with Crippen molar-refractivity contribution in [3.8, 4) is 0 Å². The third-order valence-electron chi connectivity index (χ3n) is 6.76. The summed E-state index contributed by atoms with van der Waals surface area (Å²) in [7, 11) is 0. The number of rotatable bonds is 5. The van der Waals surface area contributed by atoms with Gasteiger partial charge in [-0.25, -0.2) is 4.57 Å². The Hall–Kier alpha value is -3.02. The maximum atomic E-state index is 11.0. The van der Waals surface area contributed by atoms with Crippen LogP contribution in [0.1, 0.15) is 52.8 Å². The van der Waals surface area contributed by atoms with Crippen LogP contribution >= 0.6 is 11.6 Å². The van der Waals surface area contributed by atoms with Gasteiger partial charge in [0.25, 0.3) is 0 Å². The van der Waals surface area contributed by atoms with Crippen molar-refractivity contribution in [1.82, 2.24) is 9.88 Å². The van der Waals surface area contributed by atoms with Gasteiger partial charge in [0.15, 0.2) is 18.9 Å². The number of fused-ring (bicyclic) bond motifs is 2. The maximum absolute atomic E-state index is 11.0. The molecule has 0 bridgehead atoms. The molecule has 3 heterocycles. The molecule has 5 nitrogen and oxygen atoms in total. The van der Waals surface area contributed by atoms with Gasteiger partial charge in [-0.3, -0.25) is 14.7 Å². The normalized spacial score (nSPS) is 15.7. The van der Waals surface area contributed by atoms with Crippen LogP contribution in [-0.2, 0) is 24.3 Å². The molecule has 0 unspecified atom stereocenters. The fraction of sp³-hybridized carbons (Fsp3) is 0.321. The van der Waals surface area contributed by atoms with Crippen LogP contribution in [0.4, 0.5) is 0 Å². The topological polar surface area (TPSA) is 57.3 Å². The highest BCUT2D eigenvalue weighted by molar-refractivity contribution is 6.30. The van der Waals surface area contributed by atoms with E-state index in [9.17, 15) is 4.79 Å². The summed E-state index contributed by atoms with van der Waals surface area (Å²) in [4.78, 5) is 18.2. The maximum Gasteiger partial charge on any atom is 0.309 e. The second kappa shape index (κ2) is 9.69. The molecular formula is C28H29ClN3O2+. The van der Waals surface area contributed by atoms with E-state index < -0.39 is 5.97 Å². The van der Waals surface area contributed by atoms with Crippen molar-refractivity contribution in [3.63, 3.8) is 0 Å². The van der Waals surface area contributed by atoms with Crippen LogP contribution in [0.3, 0.4) is 0 Å². The van der Waals surface area contributed by atoms with Crippen molar-refractivity contribution in [2.75, 3.05) is 13.1 Å². The molecule has 1 aliphatic heterocycles. The number of piperidine rings is 1. The number of hydrogen-bond donors (Lipinski definition) is 1. The van der Waals surface area contributed by atoms with Crippen molar-refractivity contribution in [1.29, 1.82) is 0 Å². The monoisotopic (exact) mass is 474 g/mol. The zero-order valence-corrected chi connectivity index (χ0v) is 20.2. The Morgan fingerprint density at radius 2 is 1.97 bits per heavy atom. The van der Waals surface area contributed by atoms with Crippen LogP contribution in [0.15, 0.2) is 60.6 Å². The van der Waals surface area contributed by atoms with Gasteiger partial charge in [-0.15, -0.1) is 0 Å². The van der Waals surface area contributed by atoms with Crippen molar-refractivity contribution >= 4 is 23.1 Å². The number of benzene rings is 1. The lowest BCUT2D eigenvalue weighted by atomic mass is 9.81. The highest BCUT2D eigenvalue weighted by Gasteiger charge is 2.26. The number of carboxylic acid groups (broad SMARTS) is 1. The second-order valence-corrected chi connectivity index (χ2v) is 9.78. The number of carbonyl (C=O) groups is 1.